The Labute approximate surface area is 98.6 Å². The summed E-state index contributed by atoms with van der Waals surface area (Å²) in [4.78, 5) is 0. The lowest BCUT2D eigenvalue weighted by molar-refractivity contribution is -0.137. The highest BCUT2D eigenvalue weighted by atomic mass is 19.4. The fourth-order valence-corrected chi connectivity index (χ4v) is 1.54. The summed E-state index contributed by atoms with van der Waals surface area (Å²) in [5.74, 6) is 0.508. The largest absolute Gasteiger partial charge is 0.494 e. The van der Waals surface area contributed by atoms with Gasteiger partial charge in [-0.05, 0) is 50.1 Å². The Hall–Kier alpha value is -1.23. The topological polar surface area (TPSA) is 35.2 Å². The van der Waals surface area contributed by atoms with Crippen LogP contribution >= 0.6 is 0 Å². The third-order valence-electron chi connectivity index (χ3n) is 2.34. The molecule has 0 amide bonds. The van der Waals surface area contributed by atoms with Gasteiger partial charge in [-0.25, -0.2) is 0 Å². The molecule has 0 radical (unpaired) electrons. The average molecular weight is 247 g/mol. The average Bonchev–Trinajstić information content (AvgIpc) is 2.26. The van der Waals surface area contributed by atoms with E-state index in [2.05, 4.69) is 0 Å². The quantitative estimate of drug-likeness (QED) is 0.868. The van der Waals surface area contributed by atoms with Gasteiger partial charge in [-0.3, -0.25) is 0 Å². The van der Waals surface area contributed by atoms with E-state index >= 15 is 0 Å². The maximum Gasteiger partial charge on any atom is 0.416 e. The molecular weight excluding hydrogens is 231 g/mol. The Bertz CT molecular complexity index is 363. The predicted octanol–water partition coefficient (Wildman–Crippen LogP) is 3.00. The van der Waals surface area contributed by atoms with Gasteiger partial charge in [-0.2, -0.15) is 13.2 Å². The molecule has 0 heterocycles. The van der Waals surface area contributed by atoms with Gasteiger partial charge in [-0.1, -0.05) is 0 Å². The molecular formula is C12H16F3NO. The van der Waals surface area contributed by atoms with Crippen LogP contribution in [0.4, 0.5) is 13.2 Å². The molecule has 0 unspecified atom stereocenters. The second-order valence-corrected chi connectivity index (χ2v) is 3.65. The van der Waals surface area contributed by atoms with Crippen LogP contribution in [-0.2, 0) is 12.6 Å². The third-order valence-corrected chi connectivity index (χ3v) is 2.34. The van der Waals surface area contributed by atoms with Crippen LogP contribution in [0.25, 0.3) is 0 Å². The van der Waals surface area contributed by atoms with Crippen molar-refractivity contribution >= 4 is 0 Å². The van der Waals surface area contributed by atoms with Gasteiger partial charge < -0.3 is 10.5 Å². The zero-order chi connectivity index (χ0) is 12.9. The molecule has 0 atom stereocenters. The molecule has 96 valence electrons. The van der Waals surface area contributed by atoms with E-state index in [1.807, 2.05) is 0 Å². The molecule has 1 rings (SSSR count). The van der Waals surface area contributed by atoms with E-state index in [0.717, 1.165) is 12.1 Å². The van der Waals surface area contributed by atoms with Gasteiger partial charge in [0.25, 0.3) is 0 Å². The van der Waals surface area contributed by atoms with Crippen LogP contribution in [0.5, 0.6) is 5.75 Å². The molecule has 1 aromatic rings. The highest BCUT2D eigenvalue weighted by molar-refractivity contribution is 5.38. The van der Waals surface area contributed by atoms with Gasteiger partial charge in [0.05, 0.1) is 12.2 Å². The van der Waals surface area contributed by atoms with Crippen molar-refractivity contribution in [1.82, 2.24) is 0 Å². The van der Waals surface area contributed by atoms with Crippen LogP contribution in [0.1, 0.15) is 24.5 Å². The van der Waals surface area contributed by atoms with E-state index in [4.69, 9.17) is 10.5 Å². The molecule has 0 aromatic heterocycles. The van der Waals surface area contributed by atoms with Gasteiger partial charge in [0.15, 0.2) is 0 Å². The standard InChI is InChI=1S/C12H16F3NO/c1-2-17-11-6-5-10(12(13,14)15)8-9(11)4-3-7-16/h5-6,8H,2-4,7,16H2,1H3. The van der Waals surface area contributed by atoms with Crippen molar-refractivity contribution in [1.29, 1.82) is 0 Å². The SMILES string of the molecule is CCOc1ccc(C(F)(F)F)cc1CCCN. The predicted molar refractivity (Wildman–Crippen MR) is 60.0 cm³/mol. The summed E-state index contributed by atoms with van der Waals surface area (Å²) in [5.41, 5.74) is 5.28. The Balaban J connectivity index is 3.01. The van der Waals surface area contributed by atoms with Crippen molar-refractivity contribution < 1.29 is 17.9 Å². The summed E-state index contributed by atoms with van der Waals surface area (Å²) in [5, 5.41) is 0. The van der Waals surface area contributed by atoms with Gasteiger partial charge in [0.1, 0.15) is 5.75 Å². The second-order valence-electron chi connectivity index (χ2n) is 3.65. The van der Waals surface area contributed by atoms with Crippen LogP contribution in [0.15, 0.2) is 18.2 Å². The zero-order valence-corrected chi connectivity index (χ0v) is 9.68. The highest BCUT2D eigenvalue weighted by Gasteiger charge is 2.31. The van der Waals surface area contributed by atoms with E-state index in [9.17, 15) is 13.2 Å². The monoisotopic (exact) mass is 247 g/mol. The molecule has 0 aliphatic heterocycles. The van der Waals surface area contributed by atoms with Crippen molar-refractivity contribution in [3.63, 3.8) is 0 Å². The van der Waals surface area contributed by atoms with Crippen molar-refractivity contribution in [2.45, 2.75) is 25.9 Å². The first-order valence-corrected chi connectivity index (χ1v) is 5.52. The van der Waals surface area contributed by atoms with E-state index in [1.54, 1.807) is 6.92 Å². The van der Waals surface area contributed by atoms with E-state index < -0.39 is 11.7 Å². The van der Waals surface area contributed by atoms with Gasteiger partial charge >= 0.3 is 6.18 Å². The molecule has 5 heteroatoms. The Kier molecular flexibility index (Phi) is 4.81. The molecule has 1 aromatic carbocycles. The van der Waals surface area contributed by atoms with Crippen LogP contribution < -0.4 is 10.5 Å². The molecule has 0 bridgehead atoms. The molecule has 0 fully saturated rings. The zero-order valence-electron chi connectivity index (χ0n) is 9.68. The lowest BCUT2D eigenvalue weighted by Crippen LogP contribution is -2.08. The molecule has 0 saturated heterocycles. The first-order valence-electron chi connectivity index (χ1n) is 5.52. The number of halogens is 3. The van der Waals surface area contributed by atoms with Gasteiger partial charge in [-0.15, -0.1) is 0 Å². The summed E-state index contributed by atoms with van der Waals surface area (Å²) in [6.45, 7) is 2.67. The first kappa shape index (κ1) is 13.8. The van der Waals surface area contributed by atoms with Gasteiger partial charge in [0, 0.05) is 0 Å². The smallest absolute Gasteiger partial charge is 0.416 e. The van der Waals surface area contributed by atoms with Crippen molar-refractivity contribution in [3.8, 4) is 5.75 Å². The summed E-state index contributed by atoms with van der Waals surface area (Å²) < 4.78 is 42.9. The number of nitrogens with two attached hydrogens (primary N) is 1. The minimum Gasteiger partial charge on any atom is -0.494 e. The maximum atomic E-state index is 12.5. The number of aryl methyl sites for hydroxylation is 1. The first-order chi connectivity index (χ1) is 7.99. The Morgan fingerprint density at radius 2 is 2.00 bits per heavy atom. The number of hydrogen-bond acceptors (Lipinski definition) is 2. The number of hydrogen-bond donors (Lipinski definition) is 1. The minimum absolute atomic E-state index is 0.432. The highest BCUT2D eigenvalue weighted by Crippen LogP contribution is 2.33. The number of ether oxygens (including phenoxy) is 1. The Morgan fingerprint density at radius 3 is 2.53 bits per heavy atom. The third kappa shape index (κ3) is 3.93. The summed E-state index contributed by atoms with van der Waals surface area (Å²) in [6.07, 6.45) is -3.18. The lowest BCUT2D eigenvalue weighted by atomic mass is 10.0. The van der Waals surface area contributed by atoms with Crippen molar-refractivity contribution in [2.24, 2.45) is 5.73 Å². The summed E-state index contributed by atoms with van der Waals surface area (Å²) >= 11 is 0. The normalized spacial score (nSPS) is 11.6. The number of rotatable bonds is 5. The van der Waals surface area contributed by atoms with E-state index in [0.29, 0.717) is 37.3 Å². The lowest BCUT2D eigenvalue weighted by Gasteiger charge is -2.13. The molecule has 17 heavy (non-hydrogen) atoms. The summed E-state index contributed by atoms with van der Waals surface area (Å²) in [6, 6.07) is 3.55. The molecule has 2 N–H and O–H groups in total. The fraction of sp³-hybridized carbons (Fsp3) is 0.500. The molecule has 0 aliphatic rings. The second kappa shape index (κ2) is 5.91. The molecule has 2 nitrogen and oxygen atoms in total. The van der Waals surface area contributed by atoms with E-state index in [1.165, 1.54) is 6.07 Å². The van der Waals surface area contributed by atoms with E-state index in [-0.39, 0.29) is 0 Å². The van der Waals surface area contributed by atoms with Crippen LogP contribution in [0, 0.1) is 0 Å². The fourth-order valence-electron chi connectivity index (χ4n) is 1.54. The van der Waals surface area contributed by atoms with Crippen LogP contribution in [0.3, 0.4) is 0 Å². The van der Waals surface area contributed by atoms with Crippen LogP contribution in [0.2, 0.25) is 0 Å². The number of benzene rings is 1. The summed E-state index contributed by atoms with van der Waals surface area (Å²) in [7, 11) is 0. The maximum absolute atomic E-state index is 12.5. The minimum atomic E-state index is -4.32. The molecule has 0 aliphatic carbocycles. The molecule has 0 saturated carbocycles. The van der Waals surface area contributed by atoms with Gasteiger partial charge in [0.2, 0.25) is 0 Å². The van der Waals surface area contributed by atoms with Crippen molar-refractivity contribution in [3.05, 3.63) is 29.3 Å². The van der Waals surface area contributed by atoms with Crippen molar-refractivity contribution in [2.75, 3.05) is 13.2 Å². The molecule has 0 spiro atoms. The number of alkyl halides is 3. The Morgan fingerprint density at radius 1 is 1.29 bits per heavy atom. The van der Waals surface area contributed by atoms with Crippen LogP contribution in [-0.4, -0.2) is 13.2 Å².